The monoisotopic (exact) mass is 448 g/mol. The topological polar surface area (TPSA) is 92.4 Å². The van der Waals surface area contributed by atoms with Crippen LogP contribution >= 0.6 is 11.3 Å². The highest BCUT2D eigenvalue weighted by Gasteiger charge is 2.47. The molecule has 0 fully saturated rings. The van der Waals surface area contributed by atoms with Gasteiger partial charge in [-0.15, -0.1) is 0 Å². The number of aliphatic hydroxyl groups excluding tert-OH is 1. The van der Waals surface area contributed by atoms with E-state index in [1.165, 1.54) is 11.3 Å². The molecule has 164 valence electrons. The minimum Gasteiger partial charge on any atom is -0.508 e. The van der Waals surface area contributed by atoms with E-state index in [9.17, 15) is 15.2 Å². The number of benzene rings is 2. The van der Waals surface area contributed by atoms with Crippen molar-refractivity contribution in [2.75, 3.05) is 0 Å². The molecular weight excluding hydrogens is 424 g/mol. The maximum Gasteiger partial charge on any atom is 0.279 e. The SMILES string of the molecule is CCc1ccc(Oc2nc3cccc(C#N)c3s2)cc1C1=C(O)C(C)(C)OC(C)(C)C1=O. The second-order valence-corrected chi connectivity index (χ2v) is 9.66. The van der Waals surface area contributed by atoms with Crippen LogP contribution in [0.25, 0.3) is 15.8 Å². The van der Waals surface area contributed by atoms with E-state index in [1.807, 2.05) is 25.1 Å². The van der Waals surface area contributed by atoms with E-state index < -0.39 is 11.2 Å². The number of ether oxygens (including phenoxy) is 2. The number of fused-ring (bicyclic) bond motifs is 1. The highest BCUT2D eigenvalue weighted by Crippen LogP contribution is 2.42. The van der Waals surface area contributed by atoms with Gasteiger partial charge in [-0.25, -0.2) is 4.98 Å². The standard InChI is InChI=1S/C25H24N2O4S/c1-6-14-10-11-16(30-23-27-18-9-7-8-15(13-26)20(18)32-23)12-17(14)19-21(28)24(2,3)31-25(4,5)22(19)29/h7-12,28H,6H2,1-5H3. The van der Waals surface area contributed by atoms with Crippen LogP contribution in [0, 0.1) is 11.3 Å². The van der Waals surface area contributed by atoms with Gasteiger partial charge < -0.3 is 14.6 Å². The Hall–Kier alpha value is -3.21. The van der Waals surface area contributed by atoms with Crippen molar-refractivity contribution in [1.82, 2.24) is 4.98 Å². The Morgan fingerprint density at radius 2 is 1.94 bits per heavy atom. The van der Waals surface area contributed by atoms with E-state index in [0.29, 0.717) is 34.0 Å². The fraction of sp³-hybridized carbons (Fsp3) is 0.320. The number of carbonyl (C=O) groups excluding carboxylic acids is 1. The van der Waals surface area contributed by atoms with E-state index in [1.54, 1.807) is 45.9 Å². The van der Waals surface area contributed by atoms with E-state index in [2.05, 4.69) is 11.1 Å². The summed E-state index contributed by atoms with van der Waals surface area (Å²) >= 11 is 1.29. The molecule has 6 nitrogen and oxygen atoms in total. The third kappa shape index (κ3) is 3.66. The highest BCUT2D eigenvalue weighted by atomic mass is 32.1. The largest absolute Gasteiger partial charge is 0.508 e. The van der Waals surface area contributed by atoms with Crippen molar-refractivity contribution in [2.24, 2.45) is 0 Å². The second kappa shape index (κ2) is 7.73. The first-order valence-electron chi connectivity index (χ1n) is 10.4. The number of aromatic nitrogens is 1. The van der Waals surface area contributed by atoms with Gasteiger partial charge in [0.25, 0.3) is 5.19 Å². The summed E-state index contributed by atoms with van der Waals surface area (Å²) in [5, 5.41) is 20.7. The maximum absolute atomic E-state index is 13.2. The van der Waals surface area contributed by atoms with Gasteiger partial charge in [-0.05, 0) is 69.5 Å². The van der Waals surface area contributed by atoms with Gasteiger partial charge in [-0.3, -0.25) is 4.79 Å². The molecule has 2 aromatic carbocycles. The number of hydrogen-bond donors (Lipinski definition) is 1. The third-order valence-corrected chi connectivity index (χ3v) is 6.53. The normalized spacial score (nSPS) is 17.4. The number of rotatable bonds is 4. The van der Waals surface area contributed by atoms with Crippen LogP contribution in [0.4, 0.5) is 0 Å². The number of thiazole rings is 1. The molecule has 0 radical (unpaired) electrons. The lowest BCUT2D eigenvalue weighted by Gasteiger charge is -2.40. The van der Waals surface area contributed by atoms with E-state index in [0.717, 1.165) is 10.3 Å². The first kappa shape index (κ1) is 22.0. The summed E-state index contributed by atoms with van der Waals surface area (Å²) in [5.41, 5.74) is 0.947. The molecule has 2 heterocycles. The average Bonchev–Trinajstić information content (AvgIpc) is 3.15. The molecule has 32 heavy (non-hydrogen) atoms. The smallest absolute Gasteiger partial charge is 0.279 e. The first-order chi connectivity index (χ1) is 15.1. The number of Topliss-reactive ketones (excluding diaryl/α,β-unsaturated/α-hetero) is 1. The molecule has 0 unspecified atom stereocenters. The van der Waals surface area contributed by atoms with Crippen molar-refractivity contribution in [1.29, 1.82) is 5.26 Å². The Bertz CT molecular complexity index is 1310. The summed E-state index contributed by atoms with van der Waals surface area (Å²) in [6, 6.07) is 13.0. The minimum absolute atomic E-state index is 0.0904. The predicted octanol–water partition coefficient (Wildman–Crippen LogP) is 5.95. The third-order valence-electron chi connectivity index (χ3n) is 5.54. The van der Waals surface area contributed by atoms with Gasteiger partial charge in [0.05, 0.1) is 21.4 Å². The van der Waals surface area contributed by atoms with Crippen LogP contribution in [0.5, 0.6) is 10.9 Å². The van der Waals surface area contributed by atoms with Crippen LogP contribution in [0.1, 0.15) is 51.3 Å². The number of ketones is 1. The molecule has 0 aliphatic carbocycles. The lowest BCUT2D eigenvalue weighted by molar-refractivity contribution is -0.158. The summed E-state index contributed by atoms with van der Waals surface area (Å²) < 4.78 is 12.7. The van der Waals surface area contributed by atoms with Crippen LogP contribution in [-0.4, -0.2) is 27.1 Å². The summed E-state index contributed by atoms with van der Waals surface area (Å²) in [6.07, 6.45) is 0.675. The zero-order valence-electron chi connectivity index (χ0n) is 18.6. The zero-order chi connectivity index (χ0) is 23.3. The minimum atomic E-state index is -1.08. The van der Waals surface area contributed by atoms with E-state index >= 15 is 0 Å². The van der Waals surface area contributed by atoms with Crippen LogP contribution in [0.3, 0.4) is 0 Å². The predicted molar refractivity (Wildman–Crippen MR) is 124 cm³/mol. The van der Waals surface area contributed by atoms with Crippen LogP contribution < -0.4 is 4.74 Å². The lowest BCUT2D eigenvalue weighted by Crippen LogP contribution is -2.49. The average molecular weight is 449 g/mol. The van der Waals surface area contributed by atoms with Crippen molar-refractivity contribution < 1.29 is 19.4 Å². The summed E-state index contributed by atoms with van der Waals surface area (Å²) in [4.78, 5) is 17.7. The van der Waals surface area contributed by atoms with Gasteiger partial charge >= 0.3 is 0 Å². The number of nitriles is 1. The Balaban J connectivity index is 1.81. The Labute approximate surface area is 190 Å². The van der Waals surface area contributed by atoms with Crippen molar-refractivity contribution in [2.45, 2.75) is 52.2 Å². The van der Waals surface area contributed by atoms with Crippen molar-refractivity contribution in [3.05, 3.63) is 58.8 Å². The number of aliphatic hydroxyl groups is 1. The maximum atomic E-state index is 13.2. The number of hydrogen-bond acceptors (Lipinski definition) is 7. The van der Waals surface area contributed by atoms with E-state index in [4.69, 9.17) is 9.47 Å². The quantitative estimate of drug-likeness (QED) is 0.530. The fourth-order valence-corrected chi connectivity index (χ4v) is 4.91. The Morgan fingerprint density at radius 1 is 1.19 bits per heavy atom. The van der Waals surface area contributed by atoms with Gasteiger partial charge in [0, 0.05) is 0 Å². The molecule has 0 bridgehead atoms. The molecule has 0 amide bonds. The summed E-state index contributed by atoms with van der Waals surface area (Å²) in [6.45, 7) is 8.91. The first-order valence-corrected chi connectivity index (χ1v) is 11.2. The second-order valence-electron chi connectivity index (χ2n) is 8.70. The molecule has 3 aromatic rings. The summed E-state index contributed by atoms with van der Waals surface area (Å²) in [7, 11) is 0. The molecule has 1 aromatic heterocycles. The van der Waals surface area contributed by atoms with Crippen LogP contribution in [0.15, 0.2) is 42.2 Å². The van der Waals surface area contributed by atoms with Gasteiger partial charge in [-0.2, -0.15) is 5.26 Å². The number of nitrogens with zero attached hydrogens (tertiary/aromatic N) is 2. The van der Waals surface area contributed by atoms with Crippen LogP contribution in [-0.2, 0) is 16.0 Å². The molecule has 0 atom stereocenters. The Kier molecular flexibility index (Phi) is 5.32. The molecule has 1 aliphatic rings. The highest BCUT2D eigenvalue weighted by molar-refractivity contribution is 7.20. The molecular formula is C25H24N2O4S. The molecule has 1 aliphatic heterocycles. The van der Waals surface area contributed by atoms with Crippen molar-refractivity contribution in [3.63, 3.8) is 0 Å². The zero-order valence-corrected chi connectivity index (χ0v) is 19.5. The lowest BCUT2D eigenvalue weighted by atomic mass is 9.81. The van der Waals surface area contributed by atoms with Crippen molar-refractivity contribution >= 4 is 32.9 Å². The van der Waals surface area contributed by atoms with Crippen molar-refractivity contribution in [3.8, 4) is 17.0 Å². The van der Waals surface area contributed by atoms with Crippen LogP contribution in [0.2, 0.25) is 0 Å². The van der Waals surface area contributed by atoms with Gasteiger partial charge in [-0.1, -0.05) is 30.4 Å². The van der Waals surface area contributed by atoms with Gasteiger partial charge in [0.15, 0.2) is 5.78 Å². The van der Waals surface area contributed by atoms with Gasteiger partial charge in [0.1, 0.15) is 28.8 Å². The van der Waals surface area contributed by atoms with Gasteiger partial charge in [0.2, 0.25) is 0 Å². The molecule has 1 N–H and O–H groups in total. The molecule has 0 saturated heterocycles. The number of aryl methyl sites for hydroxylation is 1. The summed E-state index contributed by atoms with van der Waals surface area (Å²) in [5.74, 6) is 0.122. The fourth-order valence-electron chi connectivity index (χ4n) is 4.01. The molecule has 4 rings (SSSR count). The Morgan fingerprint density at radius 3 is 2.62 bits per heavy atom. The molecule has 7 heteroatoms. The molecule has 0 spiro atoms. The molecule has 0 saturated carbocycles. The van der Waals surface area contributed by atoms with E-state index in [-0.39, 0.29) is 17.1 Å². The number of carbonyl (C=O) groups is 1.